The Labute approximate surface area is 186 Å². The van der Waals surface area contributed by atoms with Gasteiger partial charge in [0.15, 0.2) is 0 Å². The molecule has 3 heterocycles. The molecule has 0 spiro atoms. The Morgan fingerprint density at radius 1 is 1.26 bits per heavy atom. The Balaban J connectivity index is 1.46. The number of nitrogens with zero attached hydrogens (tertiary/aromatic N) is 3. The van der Waals surface area contributed by atoms with Crippen molar-refractivity contribution in [2.75, 3.05) is 13.1 Å². The van der Waals surface area contributed by atoms with Crippen molar-refractivity contribution >= 4 is 39.3 Å². The first-order chi connectivity index (χ1) is 14.8. The average Bonchev–Trinajstić information content (AvgIpc) is 3.30. The Morgan fingerprint density at radius 3 is 2.74 bits per heavy atom. The molecule has 3 atom stereocenters. The maximum atomic E-state index is 13.3. The maximum Gasteiger partial charge on any atom is 0.245 e. The quantitative estimate of drug-likeness (QED) is 0.746. The van der Waals surface area contributed by atoms with E-state index in [2.05, 4.69) is 24.1 Å². The predicted molar refractivity (Wildman–Crippen MR) is 121 cm³/mol. The largest absolute Gasteiger partial charge is 0.352 e. The number of aryl methyl sites for hydroxylation is 1. The van der Waals surface area contributed by atoms with Crippen LogP contribution in [-0.2, 0) is 20.8 Å². The second-order valence-corrected chi connectivity index (χ2v) is 10.2. The number of hydrogen-bond acceptors (Lipinski definition) is 5. The van der Waals surface area contributed by atoms with Crippen molar-refractivity contribution in [3.8, 4) is 0 Å². The van der Waals surface area contributed by atoms with Crippen LogP contribution in [0, 0.1) is 5.92 Å². The van der Waals surface area contributed by atoms with E-state index in [0.717, 1.165) is 15.2 Å². The smallest absolute Gasteiger partial charge is 0.245 e. The molecular weight excluding hydrogens is 412 g/mol. The van der Waals surface area contributed by atoms with Crippen LogP contribution in [0.5, 0.6) is 0 Å². The normalized spacial score (nSPS) is 23.5. The number of carbonyl (C=O) groups is 3. The average molecular weight is 443 g/mol. The fourth-order valence-corrected chi connectivity index (χ4v) is 5.73. The third kappa shape index (κ3) is 4.74. The van der Waals surface area contributed by atoms with Gasteiger partial charge in [-0.3, -0.25) is 14.4 Å². The molecule has 7 nitrogen and oxygen atoms in total. The Kier molecular flexibility index (Phi) is 6.27. The predicted octanol–water partition coefficient (Wildman–Crippen LogP) is 2.59. The van der Waals surface area contributed by atoms with Crippen molar-refractivity contribution in [1.82, 2.24) is 20.1 Å². The van der Waals surface area contributed by atoms with Crippen LogP contribution >= 0.6 is 11.3 Å². The van der Waals surface area contributed by atoms with E-state index in [4.69, 9.17) is 0 Å². The van der Waals surface area contributed by atoms with E-state index in [1.54, 1.807) is 16.2 Å². The van der Waals surface area contributed by atoms with Gasteiger partial charge in [0.05, 0.1) is 21.3 Å². The van der Waals surface area contributed by atoms with Crippen molar-refractivity contribution in [2.24, 2.45) is 5.92 Å². The second kappa shape index (κ2) is 8.94. The molecule has 8 heteroatoms. The zero-order chi connectivity index (χ0) is 22.1. The summed E-state index contributed by atoms with van der Waals surface area (Å²) in [5, 5.41) is 3.88. The van der Waals surface area contributed by atoms with E-state index in [0.29, 0.717) is 44.7 Å². The number of nitrogens with one attached hydrogen (secondary N) is 1. The van der Waals surface area contributed by atoms with Gasteiger partial charge < -0.3 is 15.1 Å². The highest BCUT2D eigenvalue weighted by atomic mass is 32.1. The lowest BCUT2D eigenvalue weighted by molar-refractivity contribution is -0.154. The molecule has 166 valence electrons. The molecule has 31 heavy (non-hydrogen) atoms. The summed E-state index contributed by atoms with van der Waals surface area (Å²) in [6.07, 6.45) is 2.28. The number of rotatable bonds is 6. The summed E-state index contributed by atoms with van der Waals surface area (Å²) in [5.74, 6) is 0.255. The SMILES string of the molecule is CC(=O)N[C@H]1C[C@H]2CN(C(=O)CCc3nc4ccccc4s3)[C@@H](CC(C)C)C(=O)N2C1. The molecule has 0 saturated carbocycles. The summed E-state index contributed by atoms with van der Waals surface area (Å²) in [7, 11) is 0. The molecule has 0 bridgehead atoms. The fourth-order valence-electron chi connectivity index (χ4n) is 4.77. The number of benzene rings is 1. The van der Waals surface area contributed by atoms with E-state index in [9.17, 15) is 14.4 Å². The number of thiazole rings is 1. The first kappa shape index (κ1) is 21.7. The van der Waals surface area contributed by atoms with E-state index >= 15 is 0 Å². The first-order valence-corrected chi connectivity index (χ1v) is 11.8. The number of fused-ring (bicyclic) bond motifs is 2. The van der Waals surface area contributed by atoms with Gasteiger partial charge in [-0.05, 0) is 30.9 Å². The first-order valence-electron chi connectivity index (χ1n) is 11.0. The van der Waals surface area contributed by atoms with Gasteiger partial charge in [0.25, 0.3) is 0 Å². The zero-order valence-corrected chi connectivity index (χ0v) is 19.2. The van der Waals surface area contributed by atoms with Crippen LogP contribution in [0.3, 0.4) is 0 Å². The van der Waals surface area contributed by atoms with Gasteiger partial charge in [-0.15, -0.1) is 11.3 Å². The number of para-hydroxylation sites is 1. The Morgan fingerprint density at radius 2 is 2.03 bits per heavy atom. The van der Waals surface area contributed by atoms with Gasteiger partial charge in [0, 0.05) is 38.9 Å². The molecule has 2 aliphatic rings. The van der Waals surface area contributed by atoms with Crippen LogP contribution < -0.4 is 5.32 Å². The molecule has 2 fully saturated rings. The topological polar surface area (TPSA) is 82.6 Å². The van der Waals surface area contributed by atoms with Crippen LogP contribution in [0.15, 0.2) is 24.3 Å². The summed E-state index contributed by atoms with van der Waals surface area (Å²) >= 11 is 1.62. The summed E-state index contributed by atoms with van der Waals surface area (Å²) in [6, 6.07) is 7.50. The number of amides is 3. The monoisotopic (exact) mass is 442 g/mol. The highest BCUT2D eigenvalue weighted by Gasteiger charge is 2.46. The molecule has 4 rings (SSSR count). The van der Waals surface area contributed by atoms with Gasteiger partial charge in [-0.1, -0.05) is 26.0 Å². The van der Waals surface area contributed by atoms with Gasteiger partial charge >= 0.3 is 0 Å². The van der Waals surface area contributed by atoms with Crippen molar-refractivity contribution in [2.45, 2.75) is 64.6 Å². The fraction of sp³-hybridized carbons (Fsp3) is 0.565. The third-order valence-electron chi connectivity index (χ3n) is 6.08. The summed E-state index contributed by atoms with van der Waals surface area (Å²) in [5.41, 5.74) is 0.964. The van der Waals surface area contributed by atoms with Crippen LogP contribution in [0.2, 0.25) is 0 Å². The lowest BCUT2D eigenvalue weighted by atomic mass is 9.96. The van der Waals surface area contributed by atoms with Crippen molar-refractivity contribution in [3.63, 3.8) is 0 Å². The van der Waals surface area contributed by atoms with Crippen LogP contribution in [0.25, 0.3) is 10.2 Å². The second-order valence-electron chi connectivity index (χ2n) is 9.04. The number of hydrogen-bond donors (Lipinski definition) is 1. The van der Waals surface area contributed by atoms with Crippen LogP contribution in [0.1, 0.15) is 45.0 Å². The molecular formula is C23H30N4O3S. The molecule has 2 aliphatic heterocycles. The lowest BCUT2D eigenvalue weighted by Crippen LogP contribution is -2.61. The molecule has 2 aromatic rings. The third-order valence-corrected chi connectivity index (χ3v) is 7.18. The number of aromatic nitrogens is 1. The van der Waals surface area contributed by atoms with Gasteiger partial charge in [0.2, 0.25) is 17.7 Å². The highest BCUT2D eigenvalue weighted by Crippen LogP contribution is 2.30. The molecule has 1 aromatic carbocycles. The van der Waals surface area contributed by atoms with Crippen molar-refractivity contribution in [1.29, 1.82) is 0 Å². The summed E-state index contributed by atoms with van der Waals surface area (Å²) < 4.78 is 1.13. The lowest BCUT2D eigenvalue weighted by Gasteiger charge is -2.43. The van der Waals surface area contributed by atoms with Crippen LogP contribution in [-0.4, -0.2) is 63.7 Å². The Hall–Kier alpha value is -2.48. The molecule has 3 amide bonds. The molecule has 0 unspecified atom stereocenters. The van der Waals surface area contributed by atoms with Gasteiger partial charge in [0.1, 0.15) is 6.04 Å². The van der Waals surface area contributed by atoms with Crippen LogP contribution in [0.4, 0.5) is 0 Å². The Bertz CT molecular complexity index is 955. The standard InChI is InChI=1S/C23H30N4O3S/c1-14(2)10-19-23(30)26-12-16(24-15(3)28)11-17(26)13-27(19)22(29)9-8-21-25-18-6-4-5-7-20(18)31-21/h4-7,14,16-17,19H,8-13H2,1-3H3,(H,24,28)/t16-,17-,19-/m0/s1. The van der Waals surface area contributed by atoms with Gasteiger partial charge in [-0.25, -0.2) is 4.98 Å². The minimum Gasteiger partial charge on any atom is -0.352 e. The maximum absolute atomic E-state index is 13.3. The summed E-state index contributed by atoms with van der Waals surface area (Å²) in [6.45, 7) is 6.72. The molecule has 0 radical (unpaired) electrons. The number of carbonyl (C=O) groups excluding carboxylic acids is 3. The van der Waals surface area contributed by atoms with E-state index in [1.807, 2.05) is 29.2 Å². The van der Waals surface area contributed by atoms with E-state index in [-0.39, 0.29) is 29.8 Å². The van der Waals surface area contributed by atoms with Crippen molar-refractivity contribution in [3.05, 3.63) is 29.3 Å². The van der Waals surface area contributed by atoms with Crippen molar-refractivity contribution < 1.29 is 14.4 Å². The molecule has 0 aliphatic carbocycles. The van der Waals surface area contributed by atoms with E-state index < -0.39 is 6.04 Å². The zero-order valence-electron chi connectivity index (χ0n) is 18.3. The highest BCUT2D eigenvalue weighted by molar-refractivity contribution is 7.18. The minimum absolute atomic E-state index is 0.0147. The number of piperazine rings is 1. The molecule has 2 saturated heterocycles. The molecule has 1 N–H and O–H groups in total. The van der Waals surface area contributed by atoms with Gasteiger partial charge in [-0.2, -0.15) is 0 Å². The van der Waals surface area contributed by atoms with E-state index in [1.165, 1.54) is 6.92 Å². The summed E-state index contributed by atoms with van der Waals surface area (Å²) in [4.78, 5) is 46.3. The molecule has 1 aromatic heterocycles. The minimum atomic E-state index is -0.421.